The first-order chi connectivity index (χ1) is 7.31. The van der Waals surface area contributed by atoms with Crippen molar-refractivity contribution < 1.29 is 36.7 Å². The van der Waals surface area contributed by atoms with Crippen LogP contribution in [0, 0.1) is 5.92 Å². The molecule has 0 fully saturated rings. The van der Waals surface area contributed by atoms with Crippen molar-refractivity contribution in [2.45, 2.75) is 53.1 Å². The fraction of sp³-hybridized carbons (Fsp3) is 0.692. The Balaban J connectivity index is -0.0000000980. The molecule has 0 aromatic carbocycles. The monoisotopic (exact) mass is 263 g/mol. The van der Waals surface area contributed by atoms with Gasteiger partial charge in [0, 0.05) is 5.92 Å². The molecule has 0 spiro atoms. The van der Waals surface area contributed by atoms with Crippen molar-refractivity contribution in [2.75, 3.05) is 0 Å². The molecule has 0 amide bonds. The Hall–Kier alpha value is -0.203. The first kappa shape index (κ1) is 26.4. The van der Waals surface area contributed by atoms with Gasteiger partial charge in [-0.2, -0.15) is 0 Å². The summed E-state index contributed by atoms with van der Waals surface area (Å²) in [7, 11) is 0. The average Bonchev–Trinajstić information content (AvgIpc) is 2.16. The number of halogens is 4. The normalized spacial score (nSPS) is 16.9. The second kappa shape index (κ2) is 16.8. The van der Waals surface area contributed by atoms with Crippen molar-refractivity contribution in [3.63, 3.8) is 0 Å². The van der Waals surface area contributed by atoms with E-state index in [1.807, 2.05) is 26.0 Å². The second-order valence-corrected chi connectivity index (χ2v) is 3.80. The van der Waals surface area contributed by atoms with Gasteiger partial charge in [0.05, 0.1) is 0 Å². The van der Waals surface area contributed by atoms with Crippen LogP contribution in [0.25, 0.3) is 0 Å². The molecule has 0 nitrogen and oxygen atoms in total. The summed E-state index contributed by atoms with van der Waals surface area (Å²) in [4.78, 5) is 0. The predicted octanol–water partition coefficient (Wildman–Crippen LogP) is 1.97. The third-order valence-corrected chi connectivity index (χ3v) is 1.86. The van der Waals surface area contributed by atoms with Crippen molar-refractivity contribution in [3.05, 3.63) is 24.3 Å². The molecule has 0 saturated heterocycles. The molecule has 4 unspecified atom stereocenters. The Labute approximate surface area is 120 Å². The number of allylic oxidation sites excluding steroid dienone is 4. The first-order valence-corrected chi connectivity index (χ1v) is 5.54. The fourth-order valence-electron chi connectivity index (χ4n) is 0.763. The van der Waals surface area contributed by atoms with Gasteiger partial charge in [0.1, 0.15) is 18.5 Å². The van der Waals surface area contributed by atoms with Gasteiger partial charge in [-0.3, -0.25) is 4.70 Å². The van der Waals surface area contributed by atoms with Gasteiger partial charge < -0.3 is 0 Å². The van der Waals surface area contributed by atoms with E-state index >= 15 is 0 Å². The van der Waals surface area contributed by atoms with Crippen LogP contribution >= 0.6 is 0 Å². The van der Waals surface area contributed by atoms with Crippen LogP contribution in [0.2, 0.25) is 0 Å². The standard InChI is InChI=1S/C7H13F.C6H10F2.FH.Li/c1-4-5-6(2)7(3)8;1-5(7)3-4-6(2)8;;/h4-7H,1-3H3;3-6H,1-2H3;1H;/q;;;+1. The third-order valence-electron chi connectivity index (χ3n) is 1.86. The van der Waals surface area contributed by atoms with Crippen LogP contribution in [0.4, 0.5) is 17.9 Å². The molecule has 0 saturated carbocycles. The van der Waals surface area contributed by atoms with E-state index < -0.39 is 18.5 Å². The molecule has 104 valence electrons. The van der Waals surface area contributed by atoms with Gasteiger partial charge in [0.15, 0.2) is 0 Å². The molecule has 0 aromatic heterocycles. The summed E-state index contributed by atoms with van der Waals surface area (Å²) in [5.41, 5.74) is 0. The van der Waals surface area contributed by atoms with Crippen LogP contribution in [0.5, 0.6) is 0 Å². The Kier molecular flexibility index (Phi) is 24.6. The average molecular weight is 263 g/mol. The Morgan fingerprint density at radius 2 is 1.11 bits per heavy atom. The van der Waals surface area contributed by atoms with Gasteiger partial charge in [-0.1, -0.05) is 31.2 Å². The minimum Gasteiger partial charge on any atom is -0.269 e. The zero-order valence-electron chi connectivity index (χ0n) is 12.2. The van der Waals surface area contributed by atoms with Crippen molar-refractivity contribution in [1.82, 2.24) is 0 Å². The fourth-order valence-corrected chi connectivity index (χ4v) is 0.763. The van der Waals surface area contributed by atoms with Crippen LogP contribution in [0.15, 0.2) is 24.3 Å². The van der Waals surface area contributed by atoms with Gasteiger partial charge >= 0.3 is 18.9 Å². The van der Waals surface area contributed by atoms with E-state index in [1.54, 1.807) is 6.92 Å². The van der Waals surface area contributed by atoms with E-state index in [9.17, 15) is 13.2 Å². The van der Waals surface area contributed by atoms with E-state index in [2.05, 4.69) is 0 Å². The predicted molar refractivity (Wildman–Crippen MR) is 67.3 cm³/mol. The number of alkyl halides is 3. The van der Waals surface area contributed by atoms with Gasteiger partial charge in [-0.25, -0.2) is 13.2 Å². The van der Waals surface area contributed by atoms with Gasteiger partial charge in [0.2, 0.25) is 0 Å². The van der Waals surface area contributed by atoms with Gasteiger partial charge in [0.25, 0.3) is 0 Å². The maximum absolute atomic E-state index is 12.2. The van der Waals surface area contributed by atoms with Gasteiger partial charge in [-0.05, 0) is 27.7 Å². The van der Waals surface area contributed by atoms with Crippen molar-refractivity contribution in [1.29, 1.82) is 0 Å². The Bertz CT molecular complexity index is 191. The van der Waals surface area contributed by atoms with E-state index in [-0.39, 0.29) is 29.5 Å². The molecule has 18 heavy (non-hydrogen) atoms. The number of hydrogen-bond donors (Lipinski definition) is 0. The Morgan fingerprint density at radius 3 is 1.22 bits per heavy atom. The molecule has 4 atom stereocenters. The second-order valence-electron chi connectivity index (χ2n) is 3.80. The summed E-state index contributed by atoms with van der Waals surface area (Å²) < 4.78 is 35.8. The maximum atomic E-state index is 12.2. The first-order valence-electron chi connectivity index (χ1n) is 5.54. The molecule has 0 aliphatic carbocycles. The van der Waals surface area contributed by atoms with E-state index in [4.69, 9.17) is 0 Å². The number of rotatable bonds is 4. The molecule has 0 aliphatic rings. The zero-order valence-corrected chi connectivity index (χ0v) is 12.2. The third kappa shape index (κ3) is 24.9. The van der Waals surface area contributed by atoms with Crippen LogP contribution in [-0.2, 0) is 0 Å². The topological polar surface area (TPSA) is 0 Å². The molecule has 0 rings (SSSR count). The van der Waals surface area contributed by atoms with Crippen LogP contribution < -0.4 is 18.9 Å². The largest absolute Gasteiger partial charge is 1.00 e. The van der Waals surface area contributed by atoms with E-state index in [1.165, 1.54) is 26.0 Å². The molecular formula is C13H24F4Li+. The van der Waals surface area contributed by atoms with E-state index in [0.29, 0.717) is 0 Å². The smallest absolute Gasteiger partial charge is 0.269 e. The molecule has 0 heterocycles. The van der Waals surface area contributed by atoms with Crippen molar-refractivity contribution in [2.24, 2.45) is 5.92 Å². The summed E-state index contributed by atoms with van der Waals surface area (Å²) in [6, 6.07) is 0. The summed E-state index contributed by atoms with van der Waals surface area (Å²) in [6.45, 7) is 8.06. The number of hydrogen-bond acceptors (Lipinski definition) is 0. The van der Waals surface area contributed by atoms with Crippen LogP contribution in [0.3, 0.4) is 0 Å². The van der Waals surface area contributed by atoms with Crippen molar-refractivity contribution >= 4 is 0 Å². The van der Waals surface area contributed by atoms with Gasteiger partial charge in [-0.15, -0.1) is 0 Å². The summed E-state index contributed by atoms with van der Waals surface area (Å²) in [5.74, 6) is 0.0694. The van der Waals surface area contributed by atoms with Crippen LogP contribution in [-0.4, -0.2) is 18.5 Å². The molecular weight excluding hydrogens is 239 g/mol. The summed E-state index contributed by atoms with van der Waals surface area (Å²) in [6.07, 6.45) is 3.36. The molecule has 0 radical (unpaired) electrons. The Morgan fingerprint density at radius 1 is 0.778 bits per heavy atom. The quantitative estimate of drug-likeness (QED) is 0.413. The van der Waals surface area contributed by atoms with Crippen LogP contribution in [0.1, 0.15) is 34.6 Å². The summed E-state index contributed by atoms with van der Waals surface area (Å²) >= 11 is 0. The molecule has 0 aliphatic heterocycles. The SMILES string of the molecule is CC(F)C=CC(C)F.CC=CC(C)C(C)F.F.[Li+]. The summed E-state index contributed by atoms with van der Waals surface area (Å²) in [5, 5.41) is 0. The minimum absolute atomic E-state index is 0. The molecule has 0 bridgehead atoms. The molecule has 0 aromatic rings. The maximum Gasteiger partial charge on any atom is 1.00 e. The minimum atomic E-state index is -1.03. The van der Waals surface area contributed by atoms with E-state index in [0.717, 1.165) is 0 Å². The zero-order chi connectivity index (χ0) is 13.1. The molecule has 5 heteroatoms. The van der Waals surface area contributed by atoms with Crippen molar-refractivity contribution in [3.8, 4) is 0 Å². The molecule has 0 N–H and O–H groups in total.